The molecule has 5 aromatic rings. The van der Waals surface area contributed by atoms with Crippen LogP contribution in [0.2, 0.25) is 5.02 Å². The maximum atomic E-state index is 15.0. The third kappa shape index (κ3) is 5.28. The summed E-state index contributed by atoms with van der Waals surface area (Å²) < 4.78 is 5.56. The Morgan fingerprint density at radius 1 is 0.977 bits per heavy atom. The molecule has 1 aliphatic heterocycles. The first-order valence-corrected chi connectivity index (χ1v) is 14.7. The number of amides is 2. The lowest BCUT2D eigenvalue weighted by Crippen LogP contribution is -2.71. The minimum absolute atomic E-state index is 0.216. The zero-order chi connectivity index (χ0) is 30.0. The number of nitrogens with one attached hydrogen (secondary N) is 4. The van der Waals surface area contributed by atoms with Crippen LogP contribution in [0.25, 0.3) is 21.8 Å². The SMILES string of the molecule is COc1ccccc1CNC(=O)C(NC(C)=O)(C(c1c[nH]c2ccccc12)c1c[nH]c2ccc(Cl)cc12)N1CC=CCC1. The second-order valence-corrected chi connectivity index (χ2v) is 11.2. The molecule has 4 N–H and O–H groups in total. The van der Waals surface area contributed by atoms with Gasteiger partial charge in [-0.3, -0.25) is 14.5 Å². The second-order valence-electron chi connectivity index (χ2n) is 10.8. The molecule has 2 atom stereocenters. The summed E-state index contributed by atoms with van der Waals surface area (Å²) in [5.74, 6) is -0.600. The first-order valence-electron chi connectivity index (χ1n) is 14.3. The molecule has 3 aromatic carbocycles. The summed E-state index contributed by atoms with van der Waals surface area (Å²) in [7, 11) is 1.61. The van der Waals surface area contributed by atoms with Gasteiger partial charge < -0.3 is 25.3 Å². The normalized spacial score (nSPS) is 15.7. The molecule has 0 saturated heterocycles. The molecule has 2 aromatic heterocycles. The van der Waals surface area contributed by atoms with E-state index in [2.05, 4.69) is 31.6 Å². The van der Waals surface area contributed by atoms with Gasteiger partial charge in [-0.05, 0) is 47.9 Å². The van der Waals surface area contributed by atoms with Crippen molar-refractivity contribution < 1.29 is 14.3 Å². The van der Waals surface area contributed by atoms with Crippen molar-refractivity contribution >= 4 is 45.2 Å². The number of H-pyrrole nitrogens is 2. The van der Waals surface area contributed by atoms with Gasteiger partial charge in [-0.15, -0.1) is 0 Å². The van der Waals surface area contributed by atoms with E-state index >= 15 is 0 Å². The van der Waals surface area contributed by atoms with Crippen molar-refractivity contribution in [1.29, 1.82) is 0 Å². The highest BCUT2D eigenvalue weighted by Crippen LogP contribution is 2.44. The summed E-state index contributed by atoms with van der Waals surface area (Å²) in [5.41, 5.74) is 2.86. The smallest absolute Gasteiger partial charge is 0.262 e. The van der Waals surface area contributed by atoms with Crippen LogP contribution in [-0.2, 0) is 16.1 Å². The lowest BCUT2D eigenvalue weighted by atomic mass is 9.77. The van der Waals surface area contributed by atoms with Gasteiger partial charge in [0, 0.05) is 71.3 Å². The molecular weight excluding hydrogens is 562 g/mol. The summed E-state index contributed by atoms with van der Waals surface area (Å²) >= 11 is 6.53. The van der Waals surface area contributed by atoms with Crippen molar-refractivity contribution in [1.82, 2.24) is 25.5 Å². The number of carbonyl (C=O) groups excluding carboxylic acids is 2. The Morgan fingerprint density at radius 3 is 2.44 bits per heavy atom. The van der Waals surface area contributed by atoms with E-state index in [0.29, 0.717) is 23.9 Å². The minimum Gasteiger partial charge on any atom is -0.496 e. The fraction of sp³-hybridized carbons (Fsp3) is 0.235. The van der Waals surface area contributed by atoms with E-state index in [9.17, 15) is 9.59 Å². The Bertz CT molecular complexity index is 1830. The zero-order valence-electron chi connectivity index (χ0n) is 24.1. The molecule has 0 spiro atoms. The van der Waals surface area contributed by atoms with Crippen LogP contribution < -0.4 is 15.4 Å². The number of fused-ring (bicyclic) bond motifs is 2. The molecule has 3 heterocycles. The van der Waals surface area contributed by atoms with Gasteiger partial charge in [-0.1, -0.05) is 60.2 Å². The Morgan fingerprint density at radius 2 is 1.70 bits per heavy atom. The van der Waals surface area contributed by atoms with Crippen LogP contribution in [0.1, 0.15) is 36.0 Å². The summed E-state index contributed by atoms with van der Waals surface area (Å²) in [6.45, 7) is 2.72. The van der Waals surface area contributed by atoms with E-state index in [0.717, 1.165) is 44.9 Å². The number of carbonyl (C=O) groups is 2. The van der Waals surface area contributed by atoms with E-state index in [4.69, 9.17) is 16.3 Å². The van der Waals surface area contributed by atoms with Crippen molar-refractivity contribution in [3.63, 3.8) is 0 Å². The van der Waals surface area contributed by atoms with Gasteiger partial charge >= 0.3 is 0 Å². The quantitative estimate of drug-likeness (QED) is 0.160. The van der Waals surface area contributed by atoms with Crippen LogP contribution in [-0.4, -0.2) is 52.5 Å². The molecule has 9 heteroatoms. The molecular formula is C34H34ClN5O3. The Hall–Kier alpha value is -4.53. The van der Waals surface area contributed by atoms with Gasteiger partial charge in [0.25, 0.3) is 5.91 Å². The van der Waals surface area contributed by atoms with Gasteiger partial charge in [0.1, 0.15) is 5.75 Å². The van der Waals surface area contributed by atoms with Gasteiger partial charge in [0.05, 0.1) is 13.0 Å². The average molecular weight is 596 g/mol. The number of aromatic nitrogens is 2. The highest BCUT2D eigenvalue weighted by atomic mass is 35.5. The summed E-state index contributed by atoms with van der Waals surface area (Å²) in [6.07, 6.45) is 8.77. The van der Waals surface area contributed by atoms with Crippen LogP contribution in [0, 0.1) is 0 Å². The second kappa shape index (κ2) is 12.0. The Kier molecular flexibility index (Phi) is 7.97. The number of methoxy groups -OCH3 is 1. The van der Waals surface area contributed by atoms with E-state index < -0.39 is 11.6 Å². The summed E-state index contributed by atoms with van der Waals surface area (Å²) in [5, 5.41) is 8.80. The number of hydrogen-bond donors (Lipinski definition) is 4. The van der Waals surface area contributed by atoms with E-state index in [1.165, 1.54) is 6.92 Å². The largest absolute Gasteiger partial charge is 0.496 e. The minimum atomic E-state index is -1.51. The number of halogens is 1. The summed E-state index contributed by atoms with van der Waals surface area (Å²) in [4.78, 5) is 37.0. The molecule has 0 radical (unpaired) electrons. The molecule has 1 aliphatic rings. The maximum Gasteiger partial charge on any atom is 0.262 e. The predicted octanol–water partition coefficient (Wildman–Crippen LogP) is 5.85. The molecule has 8 nitrogen and oxygen atoms in total. The van der Waals surface area contributed by atoms with Crippen LogP contribution in [0.4, 0.5) is 0 Å². The number of ether oxygens (including phenoxy) is 1. The number of hydrogen-bond acceptors (Lipinski definition) is 4. The number of aromatic amines is 2. The molecule has 0 aliphatic carbocycles. The molecule has 0 fully saturated rings. The van der Waals surface area contributed by atoms with Crippen LogP contribution in [0.15, 0.2) is 91.3 Å². The van der Waals surface area contributed by atoms with Gasteiger partial charge in [0.2, 0.25) is 5.91 Å². The van der Waals surface area contributed by atoms with E-state index in [1.54, 1.807) is 7.11 Å². The monoisotopic (exact) mass is 595 g/mol. The van der Waals surface area contributed by atoms with Crippen molar-refractivity contribution in [3.05, 3.63) is 113 Å². The Balaban J connectivity index is 1.60. The lowest BCUT2D eigenvalue weighted by Gasteiger charge is -2.48. The molecule has 2 unspecified atom stereocenters. The van der Waals surface area contributed by atoms with Crippen LogP contribution >= 0.6 is 11.6 Å². The highest BCUT2D eigenvalue weighted by Gasteiger charge is 2.53. The highest BCUT2D eigenvalue weighted by molar-refractivity contribution is 6.31. The van der Waals surface area contributed by atoms with Crippen LogP contribution in [0.3, 0.4) is 0 Å². The molecule has 2 amide bonds. The third-order valence-electron chi connectivity index (χ3n) is 8.24. The van der Waals surface area contributed by atoms with Gasteiger partial charge in [0.15, 0.2) is 5.66 Å². The Labute approximate surface area is 255 Å². The maximum absolute atomic E-state index is 15.0. The average Bonchev–Trinajstić information content (AvgIpc) is 3.64. The van der Waals surface area contributed by atoms with E-state index in [1.807, 2.05) is 85.2 Å². The predicted molar refractivity (Wildman–Crippen MR) is 170 cm³/mol. The first-order chi connectivity index (χ1) is 20.9. The first kappa shape index (κ1) is 28.6. The topological polar surface area (TPSA) is 102 Å². The number of para-hydroxylation sites is 2. The van der Waals surface area contributed by atoms with Crippen molar-refractivity contribution in [3.8, 4) is 5.75 Å². The van der Waals surface area contributed by atoms with Gasteiger partial charge in [-0.2, -0.15) is 0 Å². The zero-order valence-corrected chi connectivity index (χ0v) is 24.9. The van der Waals surface area contributed by atoms with Gasteiger partial charge in [-0.25, -0.2) is 0 Å². The molecule has 43 heavy (non-hydrogen) atoms. The third-order valence-corrected chi connectivity index (χ3v) is 8.47. The van der Waals surface area contributed by atoms with E-state index in [-0.39, 0.29) is 18.4 Å². The fourth-order valence-corrected chi connectivity index (χ4v) is 6.53. The standard InChI is InChI=1S/C34H34ClN5O3/c1-22(41)39-34(40-16-8-3-9-17-40,33(42)38-19-23-10-4-7-13-31(23)43-2)32(27-20-36-29-12-6-5-11-25(27)29)28-21-37-30-15-14-24(35)18-26(28)30/h3-8,10-15,18,20-21,32,36-37H,9,16-17,19H2,1-2H3,(H,38,42)(H,39,41). The molecule has 0 bridgehead atoms. The molecule has 220 valence electrons. The molecule has 6 rings (SSSR count). The number of rotatable bonds is 9. The van der Waals surface area contributed by atoms with Crippen molar-refractivity contribution in [2.45, 2.75) is 31.5 Å². The lowest BCUT2D eigenvalue weighted by molar-refractivity contribution is -0.143. The van der Waals surface area contributed by atoms with Crippen molar-refractivity contribution in [2.75, 3.05) is 20.2 Å². The summed E-state index contributed by atoms with van der Waals surface area (Å²) in [6, 6.07) is 21.3. The van der Waals surface area contributed by atoms with Crippen molar-refractivity contribution in [2.24, 2.45) is 0 Å². The van der Waals surface area contributed by atoms with Crippen LogP contribution in [0.5, 0.6) is 5.75 Å². The molecule has 0 saturated carbocycles. The number of nitrogens with zero attached hydrogens (tertiary/aromatic N) is 1. The fourth-order valence-electron chi connectivity index (χ4n) is 6.36. The number of benzene rings is 3.